The largest absolute Gasteiger partial charge is 0.493 e. The molecule has 0 aliphatic heterocycles. The van der Waals surface area contributed by atoms with Crippen molar-refractivity contribution in [3.05, 3.63) is 16.8 Å². The Balaban J connectivity index is 2.92. The molecule has 0 spiro atoms. The Kier molecular flexibility index (Phi) is 4.53. The maximum atomic E-state index is 12.0. The first kappa shape index (κ1) is 15.4. The van der Waals surface area contributed by atoms with Crippen molar-refractivity contribution in [2.24, 2.45) is 5.84 Å². The average Bonchev–Trinajstić information content (AvgIpc) is 2.27. The van der Waals surface area contributed by atoms with E-state index in [0.717, 1.165) is 0 Å². The first-order valence-corrected chi connectivity index (χ1v) is 5.37. The molecule has 2 N–H and O–H groups in total. The molecule has 0 aliphatic rings. The van der Waals surface area contributed by atoms with Crippen molar-refractivity contribution in [1.29, 1.82) is 0 Å². The smallest absolute Gasteiger partial charge is 0.315 e. The monoisotopic (exact) mass is 298 g/mol. The van der Waals surface area contributed by atoms with Crippen LogP contribution in [0, 0.1) is 0 Å². The summed E-state index contributed by atoms with van der Waals surface area (Å²) >= 11 is 5.75. The number of nitrogens with zero attached hydrogens (tertiary/aromatic N) is 3. The Morgan fingerprint density at radius 2 is 2.05 bits per heavy atom. The van der Waals surface area contributed by atoms with E-state index in [1.807, 2.05) is 0 Å². The van der Waals surface area contributed by atoms with Crippen LogP contribution in [0.25, 0.3) is 0 Å². The Hall–Kier alpha value is -1.61. The molecule has 0 saturated heterocycles. The molecule has 1 aromatic rings. The van der Waals surface area contributed by atoms with Crippen LogP contribution in [0.15, 0.2) is 6.07 Å². The van der Waals surface area contributed by atoms with Gasteiger partial charge in [-0.15, -0.1) is 15.4 Å². The molecule has 0 fully saturated rings. The lowest BCUT2D eigenvalue weighted by Gasteiger charge is -2.17. The highest BCUT2D eigenvalue weighted by atomic mass is 35.5. The van der Waals surface area contributed by atoms with Crippen LogP contribution >= 0.6 is 11.6 Å². The van der Waals surface area contributed by atoms with Gasteiger partial charge in [0.2, 0.25) is 5.82 Å². The van der Waals surface area contributed by atoms with Crippen LogP contribution in [-0.2, 0) is 9.63 Å². The molecule has 1 rings (SSSR count). The third-order valence-corrected chi connectivity index (χ3v) is 2.32. The third kappa shape index (κ3) is 3.93. The summed E-state index contributed by atoms with van der Waals surface area (Å²) in [6, 6.07) is 1.28. The third-order valence-electron chi connectivity index (χ3n) is 2.02. The number of nitrogens with two attached hydrogens (primary N) is 1. The van der Waals surface area contributed by atoms with Crippen molar-refractivity contribution in [3.8, 4) is 0 Å². The highest BCUT2D eigenvalue weighted by molar-refractivity contribution is 6.30. The maximum absolute atomic E-state index is 12.0. The van der Waals surface area contributed by atoms with Gasteiger partial charge in [-0.2, -0.15) is 13.2 Å². The highest BCUT2D eigenvalue weighted by Gasteiger charge is 2.42. The minimum atomic E-state index is -5.15. The zero-order valence-corrected chi connectivity index (χ0v) is 10.7. The van der Waals surface area contributed by atoms with Crippen LogP contribution in [0.1, 0.15) is 25.3 Å². The molecule has 19 heavy (non-hydrogen) atoms. The van der Waals surface area contributed by atoms with E-state index >= 15 is 0 Å². The molecule has 0 aromatic carbocycles. The minimum absolute atomic E-state index is 0.0616. The van der Waals surface area contributed by atoms with Gasteiger partial charge in [0.1, 0.15) is 0 Å². The zero-order valence-electron chi connectivity index (χ0n) is 9.90. The second kappa shape index (κ2) is 5.57. The highest BCUT2D eigenvalue weighted by Crippen LogP contribution is 2.25. The van der Waals surface area contributed by atoms with Crippen molar-refractivity contribution in [2.75, 3.05) is 5.17 Å². The second-order valence-electron chi connectivity index (χ2n) is 3.81. The number of carbonyl (C=O) groups is 1. The standard InChI is InChI=1S/C9H10ClF3N4O2/c1-4(2)5-3-6(15-16-7(5)10)17(14)19-8(18)9(11,12)13/h3-4H,14H2,1-2H3. The summed E-state index contributed by atoms with van der Waals surface area (Å²) in [7, 11) is 0. The van der Waals surface area contributed by atoms with Crippen molar-refractivity contribution in [3.63, 3.8) is 0 Å². The summed E-state index contributed by atoms with van der Waals surface area (Å²) in [5.74, 6) is 2.36. The van der Waals surface area contributed by atoms with Gasteiger partial charge in [0, 0.05) is 0 Å². The molecule has 0 bridgehead atoms. The Bertz CT molecular complexity index is 481. The molecule has 0 amide bonds. The molecule has 0 atom stereocenters. The van der Waals surface area contributed by atoms with Crippen LogP contribution in [0.2, 0.25) is 5.15 Å². The van der Waals surface area contributed by atoms with Crippen molar-refractivity contribution < 1.29 is 22.8 Å². The fourth-order valence-corrected chi connectivity index (χ4v) is 1.39. The normalized spacial score (nSPS) is 11.6. The van der Waals surface area contributed by atoms with Crippen molar-refractivity contribution >= 4 is 23.4 Å². The average molecular weight is 299 g/mol. The van der Waals surface area contributed by atoms with Gasteiger partial charge in [-0.05, 0) is 17.5 Å². The molecule has 0 saturated carbocycles. The van der Waals surface area contributed by atoms with Crippen molar-refractivity contribution in [1.82, 2.24) is 10.2 Å². The van der Waals surface area contributed by atoms with Gasteiger partial charge in [-0.1, -0.05) is 25.4 Å². The van der Waals surface area contributed by atoms with Gasteiger partial charge in [0.25, 0.3) is 0 Å². The van der Waals surface area contributed by atoms with E-state index in [1.165, 1.54) is 6.07 Å². The summed E-state index contributed by atoms with van der Waals surface area (Å²) < 4.78 is 35.9. The van der Waals surface area contributed by atoms with E-state index < -0.39 is 12.1 Å². The van der Waals surface area contributed by atoms with E-state index in [1.54, 1.807) is 13.8 Å². The van der Waals surface area contributed by atoms with E-state index in [-0.39, 0.29) is 22.1 Å². The lowest BCUT2D eigenvalue weighted by molar-refractivity contribution is -0.201. The fraction of sp³-hybridized carbons (Fsp3) is 0.444. The number of aromatic nitrogens is 2. The predicted molar refractivity (Wildman–Crippen MR) is 59.9 cm³/mol. The van der Waals surface area contributed by atoms with Gasteiger partial charge in [0.15, 0.2) is 5.15 Å². The van der Waals surface area contributed by atoms with Crippen LogP contribution in [0.4, 0.5) is 19.0 Å². The molecular weight excluding hydrogens is 289 g/mol. The number of hydrogen-bond acceptors (Lipinski definition) is 6. The maximum Gasteiger partial charge on any atom is 0.493 e. The topological polar surface area (TPSA) is 81.3 Å². The molecule has 0 aliphatic carbocycles. The summed E-state index contributed by atoms with van der Waals surface area (Å²) in [6.45, 7) is 3.57. The second-order valence-corrected chi connectivity index (χ2v) is 4.16. The summed E-state index contributed by atoms with van der Waals surface area (Å²) in [5.41, 5.74) is 0.505. The quantitative estimate of drug-likeness (QED) is 0.678. The van der Waals surface area contributed by atoms with Crippen LogP contribution < -0.4 is 11.0 Å². The molecule has 106 valence electrons. The number of halogens is 4. The Morgan fingerprint density at radius 3 is 2.53 bits per heavy atom. The molecule has 1 aromatic heterocycles. The summed E-state index contributed by atoms with van der Waals surface area (Å²) in [4.78, 5) is 14.5. The molecule has 10 heteroatoms. The number of alkyl halides is 3. The predicted octanol–water partition coefficient (Wildman–Crippen LogP) is 1.95. The summed E-state index contributed by atoms with van der Waals surface area (Å²) in [6.07, 6.45) is -5.15. The number of carbonyl (C=O) groups excluding carboxylic acids is 1. The Morgan fingerprint density at radius 1 is 1.47 bits per heavy atom. The van der Waals surface area contributed by atoms with Crippen molar-refractivity contribution in [2.45, 2.75) is 25.9 Å². The zero-order chi connectivity index (χ0) is 14.8. The lowest BCUT2D eigenvalue weighted by atomic mass is 10.1. The fourth-order valence-electron chi connectivity index (χ4n) is 1.08. The number of hydrazine groups is 1. The van der Waals surface area contributed by atoms with E-state index in [2.05, 4.69) is 15.0 Å². The first-order chi connectivity index (χ1) is 8.62. The molecule has 0 radical (unpaired) electrons. The molecular formula is C9H10ClF3N4O2. The van der Waals surface area contributed by atoms with E-state index in [0.29, 0.717) is 5.56 Å². The van der Waals surface area contributed by atoms with E-state index in [4.69, 9.17) is 17.4 Å². The molecule has 6 nitrogen and oxygen atoms in total. The number of rotatable bonds is 3. The summed E-state index contributed by atoms with van der Waals surface area (Å²) in [5, 5.41) is 7.12. The van der Waals surface area contributed by atoms with Crippen LogP contribution in [-0.4, -0.2) is 22.3 Å². The van der Waals surface area contributed by atoms with Gasteiger partial charge in [-0.25, -0.2) is 10.6 Å². The Labute approximate surface area is 111 Å². The minimum Gasteiger partial charge on any atom is -0.315 e. The first-order valence-electron chi connectivity index (χ1n) is 5.00. The lowest BCUT2D eigenvalue weighted by Crippen LogP contribution is -2.39. The van der Waals surface area contributed by atoms with Crippen LogP contribution in [0.3, 0.4) is 0 Å². The van der Waals surface area contributed by atoms with Gasteiger partial charge in [0.05, 0.1) is 0 Å². The van der Waals surface area contributed by atoms with E-state index in [9.17, 15) is 18.0 Å². The van der Waals surface area contributed by atoms with Gasteiger partial charge in [-0.3, -0.25) is 0 Å². The number of hydrogen-bond donors (Lipinski definition) is 1. The SMILES string of the molecule is CC(C)c1cc(N(N)OC(=O)C(F)(F)F)nnc1Cl. The molecule has 1 heterocycles. The molecule has 0 unspecified atom stereocenters. The van der Waals surface area contributed by atoms with Gasteiger partial charge < -0.3 is 4.84 Å². The van der Waals surface area contributed by atoms with Crippen LogP contribution in [0.5, 0.6) is 0 Å². The van der Waals surface area contributed by atoms with Gasteiger partial charge >= 0.3 is 12.1 Å². The number of anilines is 1.